The van der Waals surface area contributed by atoms with Crippen LogP contribution in [0, 0.1) is 0 Å². The Kier molecular flexibility index (Phi) is 6.81. The second kappa shape index (κ2) is 9.36. The number of benzene rings is 2. The molecule has 0 spiro atoms. The lowest BCUT2D eigenvalue weighted by Crippen LogP contribution is -2.44. The van der Waals surface area contributed by atoms with Crippen LogP contribution in [0.3, 0.4) is 0 Å². The molecule has 10 heteroatoms. The quantitative estimate of drug-likeness (QED) is 0.434. The normalized spacial score (nSPS) is 16.9. The average Bonchev–Trinajstić information content (AvgIpc) is 2.79. The maximum atomic E-state index is 13.0. The Hall–Kier alpha value is -3.11. The minimum absolute atomic E-state index is 0.0701. The third kappa shape index (κ3) is 4.80. The number of carbonyl (C=O) groups excluding carboxylic acids is 2. The van der Waals surface area contributed by atoms with E-state index in [1.54, 1.807) is 13.2 Å². The van der Waals surface area contributed by atoms with Crippen molar-refractivity contribution in [3.63, 3.8) is 0 Å². The van der Waals surface area contributed by atoms with Gasteiger partial charge in [-0.1, -0.05) is 12.1 Å². The van der Waals surface area contributed by atoms with Gasteiger partial charge in [0, 0.05) is 31.6 Å². The Bertz CT molecular complexity index is 1090. The van der Waals surface area contributed by atoms with E-state index >= 15 is 0 Å². The molecule has 0 radical (unpaired) electrons. The van der Waals surface area contributed by atoms with E-state index in [0.717, 1.165) is 5.56 Å². The van der Waals surface area contributed by atoms with Crippen LogP contribution in [0.1, 0.15) is 29.3 Å². The van der Waals surface area contributed by atoms with Crippen LogP contribution in [-0.2, 0) is 21.2 Å². The first-order chi connectivity index (χ1) is 14.8. The zero-order valence-corrected chi connectivity index (χ0v) is 18.1. The fraction of sp³-hybridized carbons (Fsp3) is 0.333. The predicted molar refractivity (Wildman–Crippen MR) is 114 cm³/mol. The maximum Gasteiger partial charge on any atom is 0.251 e. The van der Waals surface area contributed by atoms with Crippen molar-refractivity contribution >= 4 is 27.3 Å². The van der Waals surface area contributed by atoms with Gasteiger partial charge in [-0.05, 0) is 42.8 Å². The molecule has 3 N–H and O–H groups in total. The predicted octanol–water partition coefficient (Wildman–Crippen LogP) is 1.50. The number of hydroxylamine groups is 1. The molecule has 1 aliphatic rings. The molecular weight excluding hydrogens is 422 g/mol. The molecule has 31 heavy (non-hydrogen) atoms. The molecule has 0 bridgehead atoms. The molecule has 0 fully saturated rings. The molecule has 1 atom stereocenters. The van der Waals surface area contributed by atoms with Crippen LogP contribution < -0.4 is 20.4 Å². The molecule has 2 aromatic rings. The van der Waals surface area contributed by atoms with Crippen molar-refractivity contribution in [1.29, 1.82) is 0 Å². The lowest BCUT2D eigenvalue weighted by Gasteiger charge is -2.35. The highest BCUT2D eigenvalue weighted by Gasteiger charge is 2.38. The summed E-state index contributed by atoms with van der Waals surface area (Å²) in [7, 11) is -2.23. The second-order valence-corrected chi connectivity index (χ2v) is 9.36. The summed E-state index contributed by atoms with van der Waals surface area (Å²) < 4.78 is 31.1. The SMILES string of the molecule is CCN1CC(CC(=O)NO)S(=O)(=O)c2ccc(C(=O)NCc3cccc(OC)c3)cc21. The van der Waals surface area contributed by atoms with Crippen molar-refractivity contribution in [2.45, 2.75) is 30.0 Å². The molecule has 1 unspecified atom stereocenters. The summed E-state index contributed by atoms with van der Waals surface area (Å²) in [5, 5.41) is 10.6. The fourth-order valence-electron chi connectivity index (χ4n) is 3.56. The third-order valence-electron chi connectivity index (χ3n) is 5.24. The van der Waals surface area contributed by atoms with Crippen LogP contribution in [0.25, 0.3) is 0 Å². The number of anilines is 1. The number of fused-ring (bicyclic) bond motifs is 1. The van der Waals surface area contributed by atoms with E-state index in [1.165, 1.54) is 17.6 Å². The molecule has 0 aromatic heterocycles. The minimum Gasteiger partial charge on any atom is -0.497 e. The molecule has 0 saturated heterocycles. The van der Waals surface area contributed by atoms with E-state index in [4.69, 9.17) is 9.94 Å². The summed E-state index contributed by atoms with van der Waals surface area (Å²) >= 11 is 0. The first-order valence-corrected chi connectivity index (χ1v) is 11.3. The van der Waals surface area contributed by atoms with Crippen molar-refractivity contribution < 1.29 is 28.0 Å². The maximum absolute atomic E-state index is 13.0. The molecular formula is C21H25N3O6S. The summed E-state index contributed by atoms with van der Waals surface area (Å²) in [6, 6.07) is 11.7. The van der Waals surface area contributed by atoms with Gasteiger partial charge in [0.15, 0.2) is 9.84 Å². The summed E-state index contributed by atoms with van der Waals surface area (Å²) in [5.41, 5.74) is 3.11. The van der Waals surface area contributed by atoms with Crippen LogP contribution in [-0.4, -0.2) is 50.9 Å². The van der Waals surface area contributed by atoms with Gasteiger partial charge in [-0.2, -0.15) is 0 Å². The molecule has 2 aromatic carbocycles. The number of hydrogen-bond donors (Lipinski definition) is 3. The number of ether oxygens (including phenoxy) is 1. The van der Waals surface area contributed by atoms with Gasteiger partial charge in [0.05, 0.1) is 22.9 Å². The third-order valence-corrected chi connectivity index (χ3v) is 7.39. The Labute approximate surface area is 180 Å². The Morgan fingerprint density at radius 2 is 2.00 bits per heavy atom. The number of hydrogen-bond acceptors (Lipinski definition) is 7. The number of amides is 2. The van der Waals surface area contributed by atoms with Crippen LogP contribution >= 0.6 is 0 Å². The van der Waals surface area contributed by atoms with Gasteiger partial charge < -0.3 is 15.0 Å². The molecule has 2 amide bonds. The number of methoxy groups -OCH3 is 1. The monoisotopic (exact) mass is 447 g/mol. The summed E-state index contributed by atoms with van der Waals surface area (Å²) in [4.78, 5) is 26.1. The molecule has 1 heterocycles. The first-order valence-electron chi connectivity index (χ1n) is 9.77. The minimum atomic E-state index is -3.80. The topological polar surface area (TPSA) is 125 Å². The number of nitrogens with one attached hydrogen (secondary N) is 2. The van der Waals surface area contributed by atoms with Gasteiger partial charge >= 0.3 is 0 Å². The average molecular weight is 448 g/mol. The van der Waals surface area contributed by atoms with Crippen molar-refractivity contribution in [1.82, 2.24) is 10.8 Å². The van der Waals surface area contributed by atoms with Gasteiger partial charge in [-0.15, -0.1) is 0 Å². The van der Waals surface area contributed by atoms with Gasteiger partial charge in [-0.3, -0.25) is 14.8 Å². The fourth-order valence-corrected chi connectivity index (χ4v) is 5.40. The van der Waals surface area contributed by atoms with Gasteiger partial charge in [0.25, 0.3) is 5.91 Å². The number of rotatable bonds is 7. The smallest absolute Gasteiger partial charge is 0.251 e. The highest BCUT2D eigenvalue weighted by atomic mass is 32.2. The largest absolute Gasteiger partial charge is 0.497 e. The van der Waals surface area contributed by atoms with Crippen molar-refractivity contribution in [2.75, 3.05) is 25.1 Å². The highest BCUT2D eigenvalue weighted by molar-refractivity contribution is 7.92. The molecule has 1 aliphatic heterocycles. The van der Waals surface area contributed by atoms with E-state index in [1.807, 2.05) is 36.1 Å². The summed E-state index contributed by atoms with van der Waals surface area (Å²) in [6.07, 6.45) is -0.350. The molecule has 3 rings (SSSR count). The van der Waals surface area contributed by atoms with Gasteiger partial charge in [-0.25, -0.2) is 13.9 Å². The van der Waals surface area contributed by atoms with Crippen LogP contribution in [0.4, 0.5) is 5.69 Å². The second-order valence-electron chi connectivity index (χ2n) is 7.16. The Morgan fingerprint density at radius 3 is 2.68 bits per heavy atom. The van der Waals surface area contributed by atoms with Crippen molar-refractivity contribution in [3.05, 3.63) is 53.6 Å². The van der Waals surface area contributed by atoms with E-state index in [0.29, 0.717) is 30.1 Å². The zero-order chi connectivity index (χ0) is 22.6. The van der Waals surface area contributed by atoms with E-state index < -0.39 is 21.0 Å². The molecule has 0 aliphatic carbocycles. The standard InChI is InChI=1S/C21H25N3O6S/c1-3-24-13-17(11-20(25)23-27)31(28,29)19-8-7-15(10-18(19)24)21(26)22-12-14-5-4-6-16(9-14)30-2/h4-10,17,27H,3,11-13H2,1-2H3,(H,22,26)(H,23,25). The van der Waals surface area contributed by atoms with Crippen molar-refractivity contribution in [3.8, 4) is 5.75 Å². The number of sulfone groups is 1. The van der Waals surface area contributed by atoms with Crippen LogP contribution in [0.2, 0.25) is 0 Å². The zero-order valence-electron chi connectivity index (χ0n) is 17.3. The van der Waals surface area contributed by atoms with Crippen molar-refractivity contribution in [2.24, 2.45) is 0 Å². The first kappa shape index (κ1) is 22.6. The van der Waals surface area contributed by atoms with Crippen LogP contribution in [0.15, 0.2) is 47.4 Å². The van der Waals surface area contributed by atoms with Crippen LogP contribution in [0.5, 0.6) is 5.75 Å². The summed E-state index contributed by atoms with van der Waals surface area (Å²) in [6.45, 7) is 2.74. The lowest BCUT2D eigenvalue weighted by molar-refractivity contribution is -0.129. The van der Waals surface area contributed by atoms with Gasteiger partial charge in [0.2, 0.25) is 5.91 Å². The highest BCUT2D eigenvalue weighted by Crippen LogP contribution is 2.35. The Morgan fingerprint density at radius 1 is 1.23 bits per heavy atom. The molecule has 166 valence electrons. The molecule has 9 nitrogen and oxygen atoms in total. The van der Waals surface area contributed by atoms with Gasteiger partial charge in [0.1, 0.15) is 5.75 Å². The molecule has 0 saturated carbocycles. The number of carbonyl (C=O) groups is 2. The van der Waals surface area contributed by atoms with E-state index in [-0.39, 0.29) is 23.8 Å². The summed E-state index contributed by atoms with van der Waals surface area (Å²) in [5.74, 6) is -0.406. The Balaban J connectivity index is 1.83. The lowest BCUT2D eigenvalue weighted by atomic mass is 10.1. The number of nitrogens with zero attached hydrogens (tertiary/aromatic N) is 1. The van der Waals surface area contributed by atoms with E-state index in [2.05, 4.69) is 5.32 Å². The van der Waals surface area contributed by atoms with E-state index in [9.17, 15) is 18.0 Å².